The lowest BCUT2D eigenvalue weighted by atomic mass is 10.1. The van der Waals surface area contributed by atoms with Crippen molar-refractivity contribution >= 4 is 29.9 Å². The van der Waals surface area contributed by atoms with E-state index in [0.717, 1.165) is 23.2 Å². The SMILES string of the molecule is Cc1nnc(CN=C(NCCC(O)c2ccccc2)NC2CCCC2)n1C.I. The van der Waals surface area contributed by atoms with Crippen LogP contribution in [-0.2, 0) is 13.6 Å². The van der Waals surface area contributed by atoms with Crippen molar-refractivity contribution < 1.29 is 5.11 Å². The van der Waals surface area contributed by atoms with Crippen LogP contribution in [0.15, 0.2) is 35.3 Å². The lowest BCUT2D eigenvalue weighted by Crippen LogP contribution is -2.43. The van der Waals surface area contributed by atoms with Crippen LogP contribution in [0.5, 0.6) is 0 Å². The van der Waals surface area contributed by atoms with E-state index in [4.69, 9.17) is 4.99 Å². The number of hydrogen-bond donors (Lipinski definition) is 3. The van der Waals surface area contributed by atoms with Gasteiger partial charge in [-0.2, -0.15) is 0 Å². The molecular formula is C20H31IN6O. The summed E-state index contributed by atoms with van der Waals surface area (Å²) in [5.41, 5.74) is 0.941. The summed E-state index contributed by atoms with van der Waals surface area (Å²) >= 11 is 0. The molecule has 0 bridgehead atoms. The number of halogens is 1. The second-order valence-electron chi connectivity index (χ2n) is 7.15. The molecule has 28 heavy (non-hydrogen) atoms. The average molecular weight is 498 g/mol. The normalized spacial score (nSPS) is 15.9. The third-order valence-electron chi connectivity index (χ3n) is 5.15. The minimum Gasteiger partial charge on any atom is -0.388 e. The van der Waals surface area contributed by atoms with E-state index in [1.54, 1.807) is 0 Å². The van der Waals surface area contributed by atoms with Gasteiger partial charge in [0.2, 0.25) is 0 Å². The molecule has 1 aromatic carbocycles. The number of benzene rings is 1. The number of aliphatic hydroxyl groups excluding tert-OH is 1. The number of aryl methyl sites for hydroxylation is 1. The van der Waals surface area contributed by atoms with Gasteiger partial charge in [0.15, 0.2) is 11.8 Å². The highest BCUT2D eigenvalue weighted by Crippen LogP contribution is 2.18. The van der Waals surface area contributed by atoms with Crippen LogP contribution in [0.2, 0.25) is 0 Å². The van der Waals surface area contributed by atoms with Crippen molar-refractivity contribution in [2.45, 2.75) is 57.7 Å². The van der Waals surface area contributed by atoms with Gasteiger partial charge in [0.25, 0.3) is 0 Å². The summed E-state index contributed by atoms with van der Waals surface area (Å²) in [6.07, 6.45) is 5.03. The zero-order valence-electron chi connectivity index (χ0n) is 16.6. The minimum absolute atomic E-state index is 0. The molecule has 0 amide bonds. The monoisotopic (exact) mass is 498 g/mol. The largest absolute Gasteiger partial charge is 0.388 e. The number of guanidine groups is 1. The van der Waals surface area contributed by atoms with Gasteiger partial charge in [-0.3, -0.25) is 0 Å². The van der Waals surface area contributed by atoms with E-state index >= 15 is 0 Å². The summed E-state index contributed by atoms with van der Waals surface area (Å²) in [5, 5.41) is 25.5. The Morgan fingerprint density at radius 1 is 1.25 bits per heavy atom. The molecule has 1 aromatic heterocycles. The van der Waals surface area contributed by atoms with Crippen LogP contribution in [0.3, 0.4) is 0 Å². The van der Waals surface area contributed by atoms with Crippen LogP contribution >= 0.6 is 24.0 Å². The Morgan fingerprint density at radius 2 is 1.96 bits per heavy atom. The average Bonchev–Trinajstić information content (AvgIpc) is 3.31. The molecule has 0 saturated heterocycles. The number of nitrogens with one attached hydrogen (secondary N) is 2. The van der Waals surface area contributed by atoms with E-state index in [-0.39, 0.29) is 24.0 Å². The van der Waals surface area contributed by atoms with E-state index in [0.29, 0.717) is 25.6 Å². The van der Waals surface area contributed by atoms with Gasteiger partial charge in [-0.15, -0.1) is 34.2 Å². The van der Waals surface area contributed by atoms with E-state index in [1.807, 2.05) is 48.9 Å². The molecule has 0 radical (unpaired) electrons. The quantitative estimate of drug-likeness (QED) is 0.311. The van der Waals surface area contributed by atoms with Crippen molar-refractivity contribution in [3.8, 4) is 0 Å². The molecule has 3 N–H and O–H groups in total. The van der Waals surface area contributed by atoms with Gasteiger partial charge < -0.3 is 20.3 Å². The fraction of sp³-hybridized carbons (Fsp3) is 0.550. The van der Waals surface area contributed by atoms with Gasteiger partial charge in [-0.1, -0.05) is 43.2 Å². The first-order valence-electron chi connectivity index (χ1n) is 9.76. The molecule has 2 aromatic rings. The predicted octanol–water partition coefficient (Wildman–Crippen LogP) is 2.84. The molecule has 1 saturated carbocycles. The van der Waals surface area contributed by atoms with Crippen LogP contribution in [0.4, 0.5) is 0 Å². The zero-order chi connectivity index (χ0) is 19.1. The van der Waals surface area contributed by atoms with Crippen LogP contribution in [-0.4, -0.2) is 38.4 Å². The second-order valence-corrected chi connectivity index (χ2v) is 7.15. The fourth-order valence-electron chi connectivity index (χ4n) is 3.32. The lowest BCUT2D eigenvalue weighted by Gasteiger charge is -2.18. The molecule has 1 fully saturated rings. The summed E-state index contributed by atoms with van der Waals surface area (Å²) < 4.78 is 1.95. The van der Waals surface area contributed by atoms with Gasteiger partial charge in [0.1, 0.15) is 12.4 Å². The first-order chi connectivity index (χ1) is 13.1. The van der Waals surface area contributed by atoms with Crippen molar-refractivity contribution in [1.29, 1.82) is 0 Å². The van der Waals surface area contributed by atoms with E-state index in [2.05, 4.69) is 20.8 Å². The molecule has 1 atom stereocenters. The molecule has 1 unspecified atom stereocenters. The molecule has 8 heteroatoms. The van der Waals surface area contributed by atoms with E-state index in [9.17, 15) is 5.11 Å². The van der Waals surface area contributed by atoms with Gasteiger partial charge in [0, 0.05) is 19.6 Å². The zero-order valence-corrected chi connectivity index (χ0v) is 19.0. The Labute approximate surface area is 184 Å². The minimum atomic E-state index is -0.479. The fourth-order valence-corrected chi connectivity index (χ4v) is 3.32. The molecule has 7 nitrogen and oxygen atoms in total. The Morgan fingerprint density at radius 3 is 2.61 bits per heavy atom. The van der Waals surface area contributed by atoms with E-state index in [1.165, 1.54) is 25.7 Å². The highest BCUT2D eigenvalue weighted by atomic mass is 127. The molecule has 1 aliphatic carbocycles. The number of aliphatic imine (C=N–C) groups is 1. The summed E-state index contributed by atoms with van der Waals surface area (Å²) in [6.45, 7) is 3.05. The number of nitrogens with zero attached hydrogens (tertiary/aromatic N) is 4. The standard InChI is InChI=1S/C20H30N6O.HI/c1-15-24-25-19(26(15)2)14-22-20(23-17-10-6-7-11-17)21-13-12-18(27)16-8-4-3-5-9-16;/h3-5,8-9,17-18,27H,6-7,10-14H2,1-2H3,(H2,21,22,23);1H. The van der Waals surface area contributed by atoms with Crippen molar-refractivity contribution in [3.63, 3.8) is 0 Å². The van der Waals surface area contributed by atoms with Crippen LogP contribution in [0.25, 0.3) is 0 Å². The Bertz CT molecular complexity index is 742. The predicted molar refractivity (Wildman–Crippen MR) is 122 cm³/mol. The number of rotatable bonds is 7. The third kappa shape index (κ3) is 6.44. The van der Waals surface area contributed by atoms with Crippen LogP contribution in [0, 0.1) is 6.92 Å². The highest BCUT2D eigenvalue weighted by Gasteiger charge is 2.16. The van der Waals surface area contributed by atoms with Gasteiger partial charge in [0.05, 0.1) is 6.10 Å². The molecule has 3 rings (SSSR count). The Hall–Kier alpha value is -1.68. The maximum Gasteiger partial charge on any atom is 0.191 e. The van der Waals surface area contributed by atoms with Crippen molar-refractivity contribution in [2.24, 2.45) is 12.0 Å². The molecular weight excluding hydrogens is 467 g/mol. The summed E-state index contributed by atoms with van der Waals surface area (Å²) in [7, 11) is 1.95. The van der Waals surface area contributed by atoms with Gasteiger partial charge in [-0.25, -0.2) is 4.99 Å². The number of aromatic nitrogens is 3. The topological polar surface area (TPSA) is 87.4 Å². The molecule has 0 aliphatic heterocycles. The number of aliphatic hydroxyl groups is 1. The van der Waals surface area contributed by atoms with Crippen LogP contribution in [0.1, 0.15) is 55.4 Å². The third-order valence-corrected chi connectivity index (χ3v) is 5.15. The van der Waals surface area contributed by atoms with Gasteiger partial charge in [-0.05, 0) is 31.7 Å². The van der Waals surface area contributed by atoms with Gasteiger partial charge >= 0.3 is 0 Å². The van der Waals surface area contributed by atoms with Crippen molar-refractivity contribution in [1.82, 2.24) is 25.4 Å². The highest BCUT2D eigenvalue weighted by molar-refractivity contribution is 14.0. The molecule has 1 aliphatic rings. The van der Waals surface area contributed by atoms with Crippen molar-refractivity contribution in [3.05, 3.63) is 47.5 Å². The molecule has 1 heterocycles. The smallest absolute Gasteiger partial charge is 0.191 e. The maximum atomic E-state index is 10.3. The Kier molecular flexibility index (Phi) is 9.17. The molecule has 0 spiro atoms. The van der Waals surface area contributed by atoms with Crippen LogP contribution < -0.4 is 10.6 Å². The maximum absolute atomic E-state index is 10.3. The number of hydrogen-bond acceptors (Lipinski definition) is 4. The van der Waals surface area contributed by atoms with E-state index < -0.39 is 6.10 Å². The summed E-state index contributed by atoms with van der Waals surface area (Å²) in [5.74, 6) is 2.50. The first-order valence-corrected chi connectivity index (χ1v) is 9.76. The lowest BCUT2D eigenvalue weighted by molar-refractivity contribution is 0.168. The molecule has 154 valence electrons. The Balaban J connectivity index is 0.00000280. The van der Waals surface area contributed by atoms with Crippen molar-refractivity contribution in [2.75, 3.05) is 6.54 Å². The first kappa shape index (κ1) is 22.6. The second kappa shape index (κ2) is 11.4. The summed E-state index contributed by atoms with van der Waals surface area (Å²) in [6, 6.07) is 10.2. The summed E-state index contributed by atoms with van der Waals surface area (Å²) in [4.78, 5) is 4.69.